The normalized spacial score (nSPS) is 12.1. The molecular weight excluding hydrogens is 344 g/mol. The SMILES string of the molecule is CC[C@H](Sc1nc(N)nc2nc[nH]c12)C(=O)Nc1cc(OC)ncn1. The number of hydrogen-bond acceptors (Lipinski definition) is 9. The van der Waals surface area contributed by atoms with Crippen molar-refractivity contribution in [1.82, 2.24) is 29.9 Å². The van der Waals surface area contributed by atoms with Crippen LogP contribution in [0.1, 0.15) is 13.3 Å². The lowest BCUT2D eigenvalue weighted by Gasteiger charge is -2.14. The van der Waals surface area contributed by atoms with Gasteiger partial charge in [0.15, 0.2) is 5.65 Å². The van der Waals surface area contributed by atoms with Gasteiger partial charge in [-0.3, -0.25) is 4.79 Å². The van der Waals surface area contributed by atoms with Crippen LogP contribution in [-0.4, -0.2) is 48.2 Å². The fourth-order valence-corrected chi connectivity index (χ4v) is 3.11. The zero-order valence-electron chi connectivity index (χ0n) is 13.6. The molecule has 25 heavy (non-hydrogen) atoms. The molecule has 4 N–H and O–H groups in total. The third kappa shape index (κ3) is 3.76. The summed E-state index contributed by atoms with van der Waals surface area (Å²) in [5.41, 5.74) is 6.82. The molecule has 130 valence electrons. The van der Waals surface area contributed by atoms with Crippen molar-refractivity contribution in [3.63, 3.8) is 0 Å². The van der Waals surface area contributed by atoms with E-state index < -0.39 is 5.25 Å². The van der Waals surface area contributed by atoms with E-state index in [0.717, 1.165) is 0 Å². The Morgan fingerprint density at radius 1 is 1.40 bits per heavy atom. The first kappa shape index (κ1) is 16.9. The topological polar surface area (TPSA) is 145 Å². The second-order valence-electron chi connectivity index (χ2n) is 4.94. The van der Waals surface area contributed by atoms with Crippen molar-refractivity contribution >= 4 is 40.6 Å². The van der Waals surface area contributed by atoms with E-state index in [4.69, 9.17) is 10.5 Å². The van der Waals surface area contributed by atoms with Gasteiger partial charge in [0.05, 0.1) is 18.7 Å². The molecule has 0 saturated carbocycles. The van der Waals surface area contributed by atoms with Gasteiger partial charge < -0.3 is 20.8 Å². The van der Waals surface area contributed by atoms with Gasteiger partial charge in [0.1, 0.15) is 22.7 Å². The molecule has 0 aliphatic heterocycles. The van der Waals surface area contributed by atoms with Crippen molar-refractivity contribution in [2.45, 2.75) is 23.6 Å². The molecule has 11 heteroatoms. The van der Waals surface area contributed by atoms with Crippen LogP contribution >= 0.6 is 11.8 Å². The van der Waals surface area contributed by atoms with Gasteiger partial charge in [-0.05, 0) is 6.42 Å². The second kappa shape index (κ2) is 7.30. The Morgan fingerprint density at radius 2 is 2.24 bits per heavy atom. The molecule has 3 heterocycles. The number of nitrogens with one attached hydrogen (secondary N) is 2. The Labute approximate surface area is 147 Å². The minimum absolute atomic E-state index is 0.109. The largest absolute Gasteiger partial charge is 0.481 e. The minimum Gasteiger partial charge on any atom is -0.481 e. The second-order valence-corrected chi connectivity index (χ2v) is 6.13. The number of aromatic amines is 1. The maximum Gasteiger partial charge on any atom is 0.239 e. The van der Waals surface area contributed by atoms with Crippen LogP contribution in [0.4, 0.5) is 11.8 Å². The van der Waals surface area contributed by atoms with E-state index >= 15 is 0 Å². The predicted octanol–water partition coefficient (Wildman–Crippen LogP) is 1.24. The summed E-state index contributed by atoms with van der Waals surface area (Å²) in [6, 6.07) is 1.55. The summed E-state index contributed by atoms with van der Waals surface area (Å²) in [6.45, 7) is 1.91. The third-order valence-electron chi connectivity index (χ3n) is 3.29. The first-order chi connectivity index (χ1) is 12.1. The van der Waals surface area contributed by atoms with Crippen molar-refractivity contribution in [3.05, 3.63) is 18.7 Å². The van der Waals surface area contributed by atoms with Gasteiger partial charge in [0, 0.05) is 6.07 Å². The summed E-state index contributed by atoms with van der Waals surface area (Å²) in [5, 5.41) is 2.92. The maximum atomic E-state index is 12.6. The molecule has 0 aliphatic carbocycles. The highest BCUT2D eigenvalue weighted by atomic mass is 32.2. The number of hydrogen-bond donors (Lipinski definition) is 3. The summed E-state index contributed by atoms with van der Waals surface area (Å²) < 4.78 is 5.02. The molecule has 3 rings (SSSR count). The number of thioether (sulfide) groups is 1. The van der Waals surface area contributed by atoms with Gasteiger partial charge >= 0.3 is 0 Å². The summed E-state index contributed by atoms with van der Waals surface area (Å²) >= 11 is 1.29. The van der Waals surface area contributed by atoms with E-state index in [1.54, 1.807) is 6.07 Å². The maximum absolute atomic E-state index is 12.6. The van der Waals surface area contributed by atoms with Crippen LogP contribution in [0.5, 0.6) is 5.88 Å². The number of amides is 1. The van der Waals surface area contributed by atoms with Crippen molar-refractivity contribution in [3.8, 4) is 5.88 Å². The monoisotopic (exact) mass is 360 g/mol. The number of imidazole rings is 1. The van der Waals surface area contributed by atoms with Crippen LogP contribution in [0.2, 0.25) is 0 Å². The van der Waals surface area contributed by atoms with E-state index in [9.17, 15) is 4.79 Å². The number of fused-ring (bicyclic) bond motifs is 1. The van der Waals surface area contributed by atoms with Gasteiger partial charge in [0.2, 0.25) is 17.7 Å². The summed E-state index contributed by atoms with van der Waals surface area (Å²) in [4.78, 5) is 35.8. The van der Waals surface area contributed by atoms with Gasteiger partial charge in [-0.2, -0.15) is 4.98 Å². The van der Waals surface area contributed by atoms with Crippen LogP contribution in [0.25, 0.3) is 11.2 Å². The molecule has 1 amide bonds. The average molecular weight is 360 g/mol. The molecule has 0 saturated heterocycles. The van der Waals surface area contributed by atoms with Gasteiger partial charge in [-0.15, -0.1) is 0 Å². The molecular formula is C14H16N8O2S. The third-order valence-corrected chi connectivity index (χ3v) is 4.64. The lowest BCUT2D eigenvalue weighted by molar-refractivity contribution is -0.115. The van der Waals surface area contributed by atoms with Crippen LogP contribution in [0, 0.1) is 0 Å². The highest BCUT2D eigenvalue weighted by Gasteiger charge is 2.22. The van der Waals surface area contributed by atoms with E-state index in [0.29, 0.717) is 34.3 Å². The number of methoxy groups -OCH3 is 1. The first-order valence-corrected chi connectivity index (χ1v) is 8.28. The van der Waals surface area contributed by atoms with Crippen LogP contribution in [0.15, 0.2) is 23.7 Å². The Morgan fingerprint density at radius 3 is 3.00 bits per heavy atom. The Kier molecular flexibility index (Phi) is 4.93. The number of H-pyrrole nitrogens is 1. The molecule has 0 fully saturated rings. The highest BCUT2D eigenvalue weighted by Crippen LogP contribution is 2.29. The number of anilines is 2. The molecule has 0 aliphatic rings. The van der Waals surface area contributed by atoms with Crippen LogP contribution in [0.3, 0.4) is 0 Å². The number of carbonyl (C=O) groups is 1. The van der Waals surface area contributed by atoms with Crippen LogP contribution in [-0.2, 0) is 4.79 Å². The van der Waals surface area contributed by atoms with E-state index in [-0.39, 0.29) is 11.9 Å². The Balaban J connectivity index is 1.79. The average Bonchev–Trinajstić information content (AvgIpc) is 3.07. The van der Waals surface area contributed by atoms with E-state index in [2.05, 4.69) is 35.2 Å². The molecule has 0 unspecified atom stereocenters. The number of nitrogens with zero attached hydrogens (tertiary/aromatic N) is 5. The number of nitrogen functional groups attached to an aromatic ring is 1. The van der Waals surface area contributed by atoms with Crippen molar-refractivity contribution < 1.29 is 9.53 Å². The fourth-order valence-electron chi connectivity index (χ4n) is 2.09. The predicted molar refractivity (Wildman–Crippen MR) is 93.2 cm³/mol. The quantitative estimate of drug-likeness (QED) is 0.436. The van der Waals surface area contributed by atoms with Crippen molar-refractivity contribution in [2.75, 3.05) is 18.2 Å². The molecule has 10 nitrogen and oxygen atoms in total. The number of nitrogens with two attached hydrogens (primary N) is 1. The zero-order chi connectivity index (χ0) is 17.8. The fraction of sp³-hybridized carbons (Fsp3) is 0.286. The molecule has 0 spiro atoms. The lowest BCUT2D eigenvalue weighted by atomic mass is 10.3. The standard InChI is InChI=1S/C14H16N8O2S/c1-3-7(12(23)20-8-4-9(24-2)17-5-16-8)25-13-10-11(19-6-18-10)21-14(15)22-13/h4-7H,3H2,1-2H3,(H,16,17,20,23)(H3,15,18,19,21,22)/t7-/m0/s1. The number of carbonyl (C=O) groups excluding carboxylic acids is 1. The molecule has 0 bridgehead atoms. The number of rotatable bonds is 6. The molecule has 3 aromatic heterocycles. The molecule has 1 atom stereocenters. The Hall–Kier alpha value is -2.95. The smallest absolute Gasteiger partial charge is 0.239 e. The van der Waals surface area contributed by atoms with Gasteiger partial charge in [-0.25, -0.2) is 19.9 Å². The first-order valence-electron chi connectivity index (χ1n) is 7.40. The molecule has 3 aromatic rings. The van der Waals surface area contributed by atoms with E-state index in [1.165, 1.54) is 31.5 Å². The van der Waals surface area contributed by atoms with E-state index in [1.807, 2.05) is 6.92 Å². The van der Waals surface area contributed by atoms with Crippen LogP contribution < -0.4 is 15.8 Å². The lowest BCUT2D eigenvalue weighted by Crippen LogP contribution is -2.25. The van der Waals surface area contributed by atoms with Crippen molar-refractivity contribution in [1.29, 1.82) is 0 Å². The van der Waals surface area contributed by atoms with Gasteiger partial charge in [0.25, 0.3) is 0 Å². The minimum atomic E-state index is -0.401. The van der Waals surface area contributed by atoms with Crippen molar-refractivity contribution in [2.24, 2.45) is 0 Å². The molecule has 0 aromatic carbocycles. The number of ether oxygens (including phenoxy) is 1. The summed E-state index contributed by atoms with van der Waals surface area (Å²) in [5.74, 6) is 0.634. The Bertz CT molecular complexity index is 899. The molecule has 0 radical (unpaired) electrons. The highest BCUT2D eigenvalue weighted by molar-refractivity contribution is 8.00. The van der Waals surface area contributed by atoms with Gasteiger partial charge in [-0.1, -0.05) is 18.7 Å². The summed E-state index contributed by atoms with van der Waals surface area (Å²) in [6.07, 6.45) is 3.41. The summed E-state index contributed by atoms with van der Waals surface area (Å²) in [7, 11) is 1.49. The zero-order valence-corrected chi connectivity index (χ0v) is 14.4. The number of aromatic nitrogens is 6.